The molecule has 1 aliphatic rings. The van der Waals surface area contributed by atoms with E-state index in [-0.39, 0.29) is 16.7 Å². The van der Waals surface area contributed by atoms with Crippen molar-refractivity contribution in [3.8, 4) is 0 Å². The minimum atomic E-state index is -0.411. The average molecular weight is 426 g/mol. The van der Waals surface area contributed by atoms with E-state index in [2.05, 4.69) is 20.9 Å². The van der Waals surface area contributed by atoms with E-state index >= 15 is 0 Å². The van der Waals surface area contributed by atoms with Gasteiger partial charge >= 0.3 is 0 Å². The predicted octanol–water partition coefficient (Wildman–Crippen LogP) is 3.37. The van der Waals surface area contributed by atoms with Crippen molar-refractivity contribution in [2.45, 2.75) is 0 Å². The van der Waals surface area contributed by atoms with Gasteiger partial charge in [0.05, 0.1) is 10.5 Å². The van der Waals surface area contributed by atoms with Gasteiger partial charge in [0.15, 0.2) is 0 Å². The van der Waals surface area contributed by atoms with E-state index in [4.69, 9.17) is 11.6 Å². The lowest BCUT2D eigenvalue weighted by molar-refractivity contribution is -0.384. The Balaban J connectivity index is 1.69. The summed E-state index contributed by atoms with van der Waals surface area (Å²) in [4.78, 5) is 30.8. The van der Waals surface area contributed by atoms with Crippen LogP contribution >= 0.6 is 27.5 Å². The zero-order chi connectivity index (χ0) is 18.0. The fraction of sp³-hybridized carbons (Fsp3) is 0.250. The molecular weight excluding hydrogens is 412 g/mol. The lowest BCUT2D eigenvalue weighted by Gasteiger charge is -2.36. The third-order valence-electron chi connectivity index (χ3n) is 4.01. The van der Waals surface area contributed by atoms with Gasteiger partial charge in [-0.1, -0.05) is 17.7 Å². The highest BCUT2D eigenvalue weighted by Gasteiger charge is 2.25. The molecular formula is C16H14BrClN4O3. The third-order valence-corrected chi connectivity index (χ3v) is 4.74. The Hall–Kier alpha value is -2.19. The number of pyridine rings is 1. The van der Waals surface area contributed by atoms with Gasteiger partial charge in [-0.2, -0.15) is 0 Å². The molecule has 9 heteroatoms. The summed E-state index contributed by atoms with van der Waals surface area (Å²) in [6.45, 7) is 2.19. The van der Waals surface area contributed by atoms with Gasteiger partial charge in [0.1, 0.15) is 5.15 Å². The Morgan fingerprint density at radius 2 is 1.96 bits per heavy atom. The molecule has 1 amide bonds. The third kappa shape index (κ3) is 3.91. The number of aromatic nitrogens is 1. The predicted molar refractivity (Wildman–Crippen MR) is 98.2 cm³/mol. The first kappa shape index (κ1) is 17.6. The monoisotopic (exact) mass is 424 g/mol. The molecule has 1 aliphatic heterocycles. The van der Waals surface area contributed by atoms with Crippen molar-refractivity contribution in [1.82, 2.24) is 9.88 Å². The lowest BCUT2D eigenvalue weighted by atomic mass is 10.2. The standard InChI is InChI=1S/C16H14BrClN4O3/c17-11-8-14(15(18)19-10-11)16(23)21-6-4-20(5-7-21)12-2-1-3-13(9-12)22(24)25/h1-3,8-10H,4-7H2. The van der Waals surface area contributed by atoms with Crippen molar-refractivity contribution in [2.24, 2.45) is 0 Å². The number of rotatable bonds is 3. The van der Waals surface area contributed by atoms with Crippen LogP contribution in [0.4, 0.5) is 11.4 Å². The highest BCUT2D eigenvalue weighted by Crippen LogP contribution is 2.24. The van der Waals surface area contributed by atoms with Gasteiger partial charge in [0, 0.05) is 54.7 Å². The second kappa shape index (κ2) is 7.37. The van der Waals surface area contributed by atoms with Crippen molar-refractivity contribution < 1.29 is 9.72 Å². The Morgan fingerprint density at radius 3 is 2.64 bits per heavy atom. The molecule has 2 heterocycles. The summed E-state index contributed by atoms with van der Waals surface area (Å²) in [5.74, 6) is -0.169. The summed E-state index contributed by atoms with van der Waals surface area (Å²) in [5, 5.41) is 11.1. The van der Waals surface area contributed by atoms with Crippen molar-refractivity contribution in [3.63, 3.8) is 0 Å². The molecule has 0 bridgehead atoms. The van der Waals surface area contributed by atoms with Gasteiger partial charge in [-0.3, -0.25) is 14.9 Å². The zero-order valence-corrected chi connectivity index (χ0v) is 15.4. The molecule has 25 heavy (non-hydrogen) atoms. The van der Waals surface area contributed by atoms with E-state index in [1.165, 1.54) is 6.07 Å². The molecule has 0 aliphatic carbocycles. The first-order valence-corrected chi connectivity index (χ1v) is 8.72. The van der Waals surface area contributed by atoms with E-state index in [1.54, 1.807) is 29.3 Å². The normalized spacial score (nSPS) is 14.5. The minimum Gasteiger partial charge on any atom is -0.368 e. The number of nitrogens with zero attached hydrogens (tertiary/aromatic N) is 4. The molecule has 130 valence electrons. The van der Waals surface area contributed by atoms with E-state index in [0.717, 1.165) is 5.69 Å². The number of carbonyl (C=O) groups is 1. The first-order chi connectivity index (χ1) is 12.0. The molecule has 2 aromatic rings. The van der Waals surface area contributed by atoms with Crippen LogP contribution in [0.25, 0.3) is 0 Å². The van der Waals surface area contributed by atoms with E-state index in [0.29, 0.717) is 36.2 Å². The molecule has 1 saturated heterocycles. The topological polar surface area (TPSA) is 79.6 Å². The smallest absolute Gasteiger partial charge is 0.271 e. The van der Waals surface area contributed by atoms with Crippen LogP contribution in [0.5, 0.6) is 0 Å². The Morgan fingerprint density at radius 1 is 1.24 bits per heavy atom. The molecule has 0 radical (unpaired) electrons. The number of carbonyl (C=O) groups excluding carboxylic acids is 1. The van der Waals surface area contributed by atoms with E-state index in [1.807, 2.05) is 11.0 Å². The number of piperazine rings is 1. The second-order valence-electron chi connectivity index (χ2n) is 5.55. The molecule has 0 unspecified atom stereocenters. The molecule has 0 atom stereocenters. The number of halogens is 2. The maximum absolute atomic E-state index is 12.6. The van der Waals surface area contributed by atoms with Crippen molar-refractivity contribution in [1.29, 1.82) is 0 Å². The first-order valence-electron chi connectivity index (χ1n) is 7.55. The van der Waals surface area contributed by atoms with Gasteiger partial charge in [0.2, 0.25) is 0 Å². The maximum Gasteiger partial charge on any atom is 0.271 e. The Kier molecular flexibility index (Phi) is 5.19. The number of amides is 1. The van der Waals surface area contributed by atoms with Gasteiger partial charge in [0.25, 0.3) is 11.6 Å². The molecule has 0 N–H and O–H groups in total. The van der Waals surface area contributed by atoms with Crippen LogP contribution in [-0.2, 0) is 0 Å². The van der Waals surface area contributed by atoms with Gasteiger partial charge < -0.3 is 9.80 Å². The van der Waals surface area contributed by atoms with Crippen LogP contribution in [0.2, 0.25) is 5.15 Å². The molecule has 3 rings (SSSR count). The summed E-state index contributed by atoms with van der Waals surface area (Å²) in [6, 6.07) is 8.17. The molecule has 7 nitrogen and oxygen atoms in total. The minimum absolute atomic E-state index is 0.0583. The molecule has 1 aromatic carbocycles. The van der Waals surface area contributed by atoms with Crippen molar-refractivity contribution in [3.05, 3.63) is 61.8 Å². The SMILES string of the molecule is O=C(c1cc(Br)cnc1Cl)N1CCN(c2cccc([N+](=O)[O-])c2)CC1. The summed E-state index contributed by atoms with van der Waals surface area (Å²) in [6.07, 6.45) is 1.54. The van der Waals surface area contributed by atoms with Crippen LogP contribution in [0.1, 0.15) is 10.4 Å². The largest absolute Gasteiger partial charge is 0.368 e. The fourth-order valence-corrected chi connectivity index (χ4v) is 3.23. The van der Waals surface area contributed by atoms with Crippen LogP contribution in [0.15, 0.2) is 41.0 Å². The van der Waals surface area contributed by atoms with Crippen LogP contribution in [0, 0.1) is 10.1 Å². The van der Waals surface area contributed by atoms with Crippen LogP contribution in [-0.4, -0.2) is 46.9 Å². The quantitative estimate of drug-likeness (QED) is 0.428. The van der Waals surface area contributed by atoms with Gasteiger partial charge in [-0.05, 0) is 28.1 Å². The fourth-order valence-electron chi connectivity index (χ4n) is 2.71. The number of nitro benzene ring substituents is 1. The molecule has 0 spiro atoms. The second-order valence-corrected chi connectivity index (χ2v) is 6.82. The van der Waals surface area contributed by atoms with Crippen molar-refractivity contribution in [2.75, 3.05) is 31.1 Å². The van der Waals surface area contributed by atoms with E-state index < -0.39 is 4.92 Å². The number of hydrogen-bond acceptors (Lipinski definition) is 5. The highest BCUT2D eigenvalue weighted by molar-refractivity contribution is 9.10. The molecule has 0 saturated carbocycles. The summed E-state index contributed by atoms with van der Waals surface area (Å²) >= 11 is 9.32. The average Bonchev–Trinajstić information content (AvgIpc) is 2.63. The van der Waals surface area contributed by atoms with E-state index in [9.17, 15) is 14.9 Å². The maximum atomic E-state index is 12.6. The number of non-ortho nitro benzene ring substituents is 1. The van der Waals surface area contributed by atoms with Crippen molar-refractivity contribution >= 4 is 44.8 Å². The molecule has 1 fully saturated rings. The van der Waals surface area contributed by atoms with Crippen LogP contribution in [0.3, 0.4) is 0 Å². The Labute approximate surface area is 157 Å². The number of nitro groups is 1. The Bertz CT molecular complexity index is 825. The summed E-state index contributed by atoms with van der Waals surface area (Å²) in [5.41, 5.74) is 1.20. The number of benzene rings is 1. The van der Waals surface area contributed by atoms with Gasteiger partial charge in [-0.25, -0.2) is 4.98 Å². The number of anilines is 1. The number of hydrogen-bond donors (Lipinski definition) is 0. The van der Waals surface area contributed by atoms with Crippen LogP contribution < -0.4 is 4.90 Å². The zero-order valence-electron chi connectivity index (χ0n) is 13.1. The molecule has 1 aromatic heterocycles. The lowest BCUT2D eigenvalue weighted by Crippen LogP contribution is -2.48. The highest BCUT2D eigenvalue weighted by atomic mass is 79.9. The van der Waals surface area contributed by atoms with Gasteiger partial charge in [-0.15, -0.1) is 0 Å². The summed E-state index contributed by atoms with van der Waals surface area (Å²) in [7, 11) is 0. The summed E-state index contributed by atoms with van der Waals surface area (Å²) < 4.78 is 0.690.